The van der Waals surface area contributed by atoms with Crippen molar-refractivity contribution >= 4 is 5.91 Å². The number of piperazine rings is 1. The first-order valence-electron chi connectivity index (χ1n) is 8.77. The lowest BCUT2D eigenvalue weighted by Crippen LogP contribution is -2.50. The number of amides is 1. The minimum atomic E-state index is -0.750. The van der Waals surface area contributed by atoms with Crippen LogP contribution in [0.3, 0.4) is 0 Å². The van der Waals surface area contributed by atoms with Gasteiger partial charge in [0.1, 0.15) is 0 Å². The molecule has 0 aromatic carbocycles. The van der Waals surface area contributed by atoms with E-state index in [-0.39, 0.29) is 5.91 Å². The largest absolute Gasteiger partial charge is 0.389 e. The van der Waals surface area contributed by atoms with E-state index >= 15 is 0 Å². The molecule has 0 atom stereocenters. The first-order valence-corrected chi connectivity index (χ1v) is 8.77. The van der Waals surface area contributed by atoms with Crippen LogP contribution < -0.4 is 0 Å². The smallest absolute Gasteiger partial charge is 0.225 e. The van der Waals surface area contributed by atoms with Gasteiger partial charge in [-0.1, -0.05) is 25.3 Å². The third kappa shape index (κ3) is 4.52. The Morgan fingerprint density at radius 3 is 2.52 bits per heavy atom. The van der Waals surface area contributed by atoms with Crippen LogP contribution in [0, 0.1) is 0 Å². The summed E-state index contributed by atoms with van der Waals surface area (Å²) in [6, 6.07) is 5.97. The summed E-state index contributed by atoms with van der Waals surface area (Å²) in [7, 11) is 0. The number of nitrogens with zero attached hydrogens (tertiary/aromatic N) is 3. The van der Waals surface area contributed by atoms with Crippen molar-refractivity contribution < 1.29 is 9.90 Å². The molecule has 1 aliphatic carbocycles. The first kappa shape index (κ1) is 16.4. The van der Waals surface area contributed by atoms with Crippen LogP contribution in [0.5, 0.6) is 0 Å². The maximum atomic E-state index is 12.5. The van der Waals surface area contributed by atoms with E-state index in [0.717, 1.165) is 64.1 Å². The maximum absolute atomic E-state index is 12.5. The highest BCUT2D eigenvalue weighted by atomic mass is 16.3. The lowest BCUT2D eigenvalue weighted by atomic mass is 9.82. The van der Waals surface area contributed by atoms with Crippen molar-refractivity contribution in [3.8, 4) is 0 Å². The van der Waals surface area contributed by atoms with E-state index in [1.165, 1.54) is 6.42 Å². The van der Waals surface area contributed by atoms with Crippen molar-refractivity contribution in [2.75, 3.05) is 26.2 Å². The molecule has 1 saturated carbocycles. The van der Waals surface area contributed by atoms with Gasteiger partial charge in [-0.25, -0.2) is 0 Å². The van der Waals surface area contributed by atoms with Crippen molar-refractivity contribution in [2.45, 2.75) is 50.7 Å². The van der Waals surface area contributed by atoms with Gasteiger partial charge in [0.25, 0.3) is 0 Å². The van der Waals surface area contributed by atoms with Crippen LogP contribution in [0.1, 0.15) is 44.2 Å². The molecule has 0 unspecified atom stereocenters. The summed E-state index contributed by atoms with van der Waals surface area (Å²) in [5.74, 6) is 0.117. The van der Waals surface area contributed by atoms with Gasteiger partial charge in [0, 0.05) is 38.9 Å². The van der Waals surface area contributed by atoms with Gasteiger partial charge >= 0.3 is 0 Å². The lowest BCUT2D eigenvalue weighted by molar-refractivity contribution is -0.139. The molecule has 126 valence electrons. The van der Waals surface area contributed by atoms with E-state index in [0.29, 0.717) is 6.42 Å². The SMILES string of the molecule is O=C(CC1(O)CCCCC1)N1CCN(Cc2ccccn2)CC1. The Morgan fingerprint density at radius 2 is 1.87 bits per heavy atom. The molecule has 5 nitrogen and oxygen atoms in total. The highest BCUT2D eigenvalue weighted by molar-refractivity contribution is 5.77. The highest BCUT2D eigenvalue weighted by Gasteiger charge is 2.34. The second-order valence-electron chi connectivity index (χ2n) is 6.94. The average molecular weight is 317 g/mol. The molecule has 1 aromatic rings. The maximum Gasteiger partial charge on any atom is 0.225 e. The van der Waals surface area contributed by atoms with Crippen LogP contribution in [0.2, 0.25) is 0 Å². The number of hydrogen-bond acceptors (Lipinski definition) is 4. The summed E-state index contributed by atoms with van der Waals surface area (Å²) in [5.41, 5.74) is 0.323. The molecule has 2 fully saturated rings. The molecular formula is C18H27N3O2. The summed E-state index contributed by atoms with van der Waals surface area (Å²) >= 11 is 0. The van der Waals surface area contributed by atoms with Gasteiger partial charge in [0.2, 0.25) is 5.91 Å². The fraction of sp³-hybridized carbons (Fsp3) is 0.667. The van der Waals surface area contributed by atoms with E-state index in [1.54, 1.807) is 0 Å². The van der Waals surface area contributed by atoms with Crippen molar-refractivity contribution in [3.63, 3.8) is 0 Å². The lowest BCUT2D eigenvalue weighted by Gasteiger charge is -2.37. The molecule has 0 radical (unpaired) electrons. The fourth-order valence-corrected chi connectivity index (χ4v) is 3.66. The van der Waals surface area contributed by atoms with E-state index in [9.17, 15) is 9.90 Å². The Kier molecular flexibility index (Phi) is 5.28. The van der Waals surface area contributed by atoms with Crippen molar-refractivity contribution in [2.24, 2.45) is 0 Å². The zero-order valence-corrected chi connectivity index (χ0v) is 13.8. The quantitative estimate of drug-likeness (QED) is 0.920. The molecule has 2 heterocycles. The fourth-order valence-electron chi connectivity index (χ4n) is 3.66. The molecule has 0 spiro atoms. The molecule has 3 rings (SSSR count). The zero-order chi connectivity index (χ0) is 16.1. The predicted octanol–water partition coefficient (Wildman–Crippen LogP) is 1.81. The number of carbonyl (C=O) groups excluding carboxylic acids is 1. The van der Waals surface area contributed by atoms with Crippen LogP contribution in [-0.2, 0) is 11.3 Å². The van der Waals surface area contributed by atoms with E-state index in [2.05, 4.69) is 9.88 Å². The Hall–Kier alpha value is -1.46. The van der Waals surface area contributed by atoms with Crippen LogP contribution in [0.15, 0.2) is 24.4 Å². The number of aromatic nitrogens is 1. The number of carbonyl (C=O) groups is 1. The van der Waals surface area contributed by atoms with Gasteiger partial charge in [-0.05, 0) is 25.0 Å². The van der Waals surface area contributed by atoms with Crippen LogP contribution >= 0.6 is 0 Å². The Morgan fingerprint density at radius 1 is 1.13 bits per heavy atom. The van der Waals surface area contributed by atoms with Gasteiger partial charge in [-0.15, -0.1) is 0 Å². The minimum absolute atomic E-state index is 0.117. The normalized spacial score (nSPS) is 22.0. The molecule has 1 aromatic heterocycles. The monoisotopic (exact) mass is 317 g/mol. The van der Waals surface area contributed by atoms with Gasteiger partial charge in [0.05, 0.1) is 17.7 Å². The minimum Gasteiger partial charge on any atom is -0.389 e. The molecule has 1 aliphatic heterocycles. The molecule has 1 amide bonds. The predicted molar refractivity (Wildman–Crippen MR) is 88.7 cm³/mol. The molecule has 23 heavy (non-hydrogen) atoms. The highest BCUT2D eigenvalue weighted by Crippen LogP contribution is 2.31. The summed E-state index contributed by atoms with van der Waals surface area (Å²) in [6.07, 6.45) is 6.94. The van der Waals surface area contributed by atoms with Gasteiger partial charge in [-0.2, -0.15) is 0 Å². The second kappa shape index (κ2) is 7.41. The molecular weight excluding hydrogens is 290 g/mol. The molecule has 2 aliphatic rings. The molecule has 1 saturated heterocycles. The number of pyridine rings is 1. The summed E-state index contributed by atoms with van der Waals surface area (Å²) in [4.78, 5) is 21.1. The summed E-state index contributed by atoms with van der Waals surface area (Å²) < 4.78 is 0. The summed E-state index contributed by atoms with van der Waals surface area (Å²) in [6.45, 7) is 4.10. The number of hydrogen-bond donors (Lipinski definition) is 1. The van der Waals surface area contributed by atoms with Crippen molar-refractivity contribution in [3.05, 3.63) is 30.1 Å². The standard InChI is InChI=1S/C18H27N3O2/c22-17(14-18(23)7-3-1-4-8-18)21-12-10-20(11-13-21)15-16-6-2-5-9-19-16/h2,5-6,9,23H,1,3-4,7-8,10-15H2. The van der Waals surface area contributed by atoms with Crippen LogP contribution in [0.25, 0.3) is 0 Å². The summed E-state index contributed by atoms with van der Waals surface area (Å²) in [5, 5.41) is 10.6. The molecule has 5 heteroatoms. The van der Waals surface area contributed by atoms with Gasteiger partial charge in [-0.3, -0.25) is 14.7 Å². The first-order chi connectivity index (χ1) is 11.1. The second-order valence-corrected chi connectivity index (χ2v) is 6.94. The van der Waals surface area contributed by atoms with Gasteiger partial charge < -0.3 is 10.0 Å². The zero-order valence-electron chi connectivity index (χ0n) is 13.8. The van der Waals surface area contributed by atoms with Crippen LogP contribution in [0.4, 0.5) is 0 Å². The Labute approximate surface area is 138 Å². The van der Waals surface area contributed by atoms with Crippen molar-refractivity contribution in [1.82, 2.24) is 14.8 Å². The third-order valence-electron chi connectivity index (χ3n) is 5.10. The molecule has 1 N–H and O–H groups in total. The number of rotatable bonds is 4. The molecule has 0 bridgehead atoms. The van der Waals surface area contributed by atoms with Crippen molar-refractivity contribution in [1.29, 1.82) is 0 Å². The topological polar surface area (TPSA) is 56.7 Å². The third-order valence-corrected chi connectivity index (χ3v) is 5.10. The Balaban J connectivity index is 1.45. The van der Waals surface area contributed by atoms with Crippen LogP contribution in [-0.4, -0.2) is 57.6 Å². The van der Waals surface area contributed by atoms with E-state index < -0.39 is 5.60 Å². The number of aliphatic hydroxyl groups is 1. The average Bonchev–Trinajstić information content (AvgIpc) is 2.57. The Bertz CT molecular complexity index is 506. The van der Waals surface area contributed by atoms with E-state index in [1.807, 2.05) is 29.3 Å². The van der Waals surface area contributed by atoms with E-state index in [4.69, 9.17) is 0 Å². The van der Waals surface area contributed by atoms with Gasteiger partial charge in [0.15, 0.2) is 0 Å².